The molecule has 3 atom stereocenters. The lowest BCUT2D eigenvalue weighted by Gasteiger charge is -2.21. The molecule has 0 radical (unpaired) electrons. The summed E-state index contributed by atoms with van der Waals surface area (Å²) in [4.78, 5) is 9.25. The van der Waals surface area contributed by atoms with Crippen molar-refractivity contribution in [3.63, 3.8) is 0 Å². The summed E-state index contributed by atoms with van der Waals surface area (Å²) in [6.07, 6.45) is 0.769. The standard InChI is InChI=1S/C7H16N2O6/c1-2-5-3-6(14-8(10)11)7(4-5)15-9(12)13/h5-7,10-13H,2-4H2,1H3/t5?,6-,7+. The summed E-state index contributed by atoms with van der Waals surface area (Å²) in [6.45, 7) is 1.98. The van der Waals surface area contributed by atoms with Gasteiger partial charge < -0.3 is 0 Å². The van der Waals surface area contributed by atoms with Crippen LogP contribution in [0.2, 0.25) is 0 Å². The Kier molecular flexibility index (Phi) is 4.83. The Labute approximate surface area is 86.6 Å². The topological polar surface area (TPSA) is 106 Å². The zero-order chi connectivity index (χ0) is 11.4. The molecule has 0 saturated heterocycles. The molecular formula is C7H16N2O6. The molecule has 0 heterocycles. The summed E-state index contributed by atoms with van der Waals surface area (Å²) >= 11 is 0. The van der Waals surface area contributed by atoms with E-state index < -0.39 is 23.0 Å². The monoisotopic (exact) mass is 224 g/mol. The lowest BCUT2D eigenvalue weighted by Crippen LogP contribution is -2.35. The summed E-state index contributed by atoms with van der Waals surface area (Å²) in [5, 5.41) is 33.2. The van der Waals surface area contributed by atoms with Crippen molar-refractivity contribution in [1.29, 1.82) is 0 Å². The van der Waals surface area contributed by atoms with Crippen LogP contribution in [0.4, 0.5) is 0 Å². The molecule has 4 N–H and O–H groups in total. The average molecular weight is 224 g/mol. The summed E-state index contributed by atoms with van der Waals surface area (Å²) < 4.78 is 0. The van der Waals surface area contributed by atoms with Gasteiger partial charge in [0.1, 0.15) is 12.2 Å². The van der Waals surface area contributed by atoms with Gasteiger partial charge in [0.25, 0.3) is 0 Å². The van der Waals surface area contributed by atoms with E-state index >= 15 is 0 Å². The maximum absolute atomic E-state index is 8.50. The Hall–Kier alpha value is -0.320. The second kappa shape index (κ2) is 5.68. The van der Waals surface area contributed by atoms with E-state index in [4.69, 9.17) is 20.8 Å². The lowest BCUT2D eigenvalue weighted by atomic mass is 10.1. The Morgan fingerprint density at radius 3 is 1.67 bits per heavy atom. The van der Waals surface area contributed by atoms with Gasteiger partial charge in [-0.3, -0.25) is 20.8 Å². The molecule has 1 saturated carbocycles. The van der Waals surface area contributed by atoms with Gasteiger partial charge in [0, 0.05) is 0 Å². The highest BCUT2D eigenvalue weighted by Gasteiger charge is 2.38. The predicted octanol–water partition coefficient (Wildman–Crippen LogP) is 0.568. The SMILES string of the molecule is CCC1C[C@H](ON(O)O)[C@H](ON(O)O)C1. The Balaban J connectivity index is 2.49. The molecule has 0 aromatic heterocycles. The number of rotatable bonds is 5. The second-order valence-corrected chi connectivity index (χ2v) is 3.54. The van der Waals surface area contributed by atoms with Crippen LogP contribution in [0.25, 0.3) is 0 Å². The fourth-order valence-electron chi connectivity index (χ4n) is 1.85. The molecule has 8 heteroatoms. The summed E-state index contributed by atoms with van der Waals surface area (Å²) in [5.74, 6) is 0.292. The largest absolute Gasteiger partial charge is 0.266 e. The molecule has 0 aliphatic heterocycles. The highest BCUT2D eigenvalue weighted by molar-refractivity contribution is 4.83. The third kappa shape index (κ3) is 3.97. The molecule has 1 unspecified atom stereocenters. The second-order valence-electron chi connectivity index (χ2n) is 3.54. The van der Waals surface area contributed by atoms with Crippen LogP contribution >= 0.6 is 0 Å². The average Bonchev–Trinajstić information content (AvgIpc) is 2.46. The van der Waals surface area contributed by atoms with Crippen LogP contribution in [0.3, 0.4) is 0 Å². The quantitative estimate of drug-likeness (QED) is 0.502. The van der Waals surface area contributed by atoms with Crippen LogP contribution in [-0.4, -0.2) is 43.8 Å². The molecule has 0 spiro atoms. The molecule has 1 rings (SSSR count). The van der Waals surface area contributed by atoms with Crippen molar-refractivity contribution < 1.29 is 30.5 Å². The normalized spacial score (nSPS) is 31.8. The highest BCUT2D eigenvalue weighted by atomic mass is 17.1. The molecule has 1 fully saturated rings. The van der Waals surface area contributed by atoms with E-state index in [0.717, 1.165) is 6.42 Å². The number of hydrogen-bond acceptors (Lipinski definition) is 8. The Morgan fingerprint density at radius 2 is 1.40 bits per heavy atom. The molecule has 0 amide bonds. The van der Waals surface area contributed by atoms with E-state index in [1.54, 1.807) is 0 Å². The van der Waals surface area contributed by atoms with Gasteiger partial charge in [-0.05, 0) is 18.8 Å². The van der Waals surface area contributed by atoms with Gasteiger partial charge in [-0.1, -0.05) is 13.3 Å². The van der Waals surface area contributed by atoms with Gasteiger partial charge in [-0.15, -0.1) is 0 Å². The van der Waals surface area contributed by atoms with E-state index in [1.807, 2.05) is 6.92 Å². The maximum atomic E-state index is 8.50. The van der Waals surface area contributed by atoms with Crippen molar-refractivity contribution in [2.24, 2.45) is 5.92 Å². The van der Waals surface area contributed by atoms with Crippen molar-refractivity contribution in [1.82, 2.24) is 10.8 Å². The molecule has 0 bridgehead atoms. The van der Waals surface area contributed by atoms with Crippen LogP contribution in [-0.2, 0) is 9.68 Å². The number of hydrogen-bond donors (Lipinski definition) is 4. The minimum Gasteiger partial charge on any atom is -0.266 e. The molecule has 1 aliphatic carbocycles. The smallest absolute Gasteiger partial charge is 0.113 e. The molecular weight excluding hydrogens is 208 g/mol. The van der Waals surface area contributed by atoms with Gasteiger partial charge in [-0.25, -0.2) is 9.68 Å². The van der Waals surface area contributed by atoms with Crippen molar-refractivity contribution >= 4 is 0 Å². The Bertz CT molecular complexity index is 172. The molecule has 15 heavy (non-hydrogen) atoms. The van der Waals surface area contributed by atoms with E-state index in [0.29, 0.717) is 18.8 Å². The zero-order valence-electron chi connectivity index (χ0n) is 8.35. The third-order valence-electron chi connectivity index (χ3n) is 2.58. The van der Waals surface area contributed by atoms with Gasteiger partial charge in [0.05, 0.1) is 10.8 Å². The predicted molar refractivity (Wildman–Crippen MR) is 43.6 cm³/mol. The summed E-state index contributed by atoms with van der Waals surface area (Å²) in [6, 6.07) is 0. The Morgan fingerprint density at radius 1 is 1.00 bits per heavy atom. The fraction of sp³-hybridized carbons (Fsp3) is 1.00. The van der Waals surface area contributed by atoms with E-state index in [-0.39, 0.29) is 0 Å². The zero-order valence-corrected chi connectivity index (χ0v) is 8.35. The third-order valence-corrected chi connectivity index (χ3v) is 2.58. The lowest BCUT2D eigenvalue weighted by molar-refractivity contribution is -0.535. The van der Waals surface area contributed by atoms with Crippen LogP contribution in [0.5, 0.6) is 0 Å². The summed E-state index contributed by atoms with van der Waals surface area (Å²) in [5.41, 5.74) is 0. The highest BCUT2D eigenvalue weighted by Crippen LogP contribution is 2.32. The van der Waals surface area contributed by atoms with E-state index in [2.05, 4.69) is 9.68 Å². The van der Waals surface area contributed by atoms with Gasteiger partial charge in [-0.2, -0.15) is 0 Å². The van der Waals surface area contributed by atoms with Gasteiger partial charge in [0.15, 0.2) is 0 Å². The molecule has 0 aromatic carbocycles. The van der Waals surface area contributed by atoms with Crippen LogP contribution in [0.15, 0.2) is 0 Å². The van der Waals surface area contributed by atoms with Crippen LogP contribution in [0, 0.1) is 5.92 Å². The van der Waals surface area contributed by atoms with Crippen LogP contribution < -0.4 is 0 Å². The van der Waals surface area contributed by atoms with Crippen molar-refractivity contribution in [2.75, 3.05) is 0 Å². The van der Waals surface area contributed by atoms with Crippen molar-refractivity contribution in [2.45, 2.75) is 38.4 Å². The first kappa shape index (κ1) is 12.7. The molecule has 90 valence electrons. The molecule has 8 nitrogen and oxygen atoms in total. The van der Waals surface area contributed by atoms with Crippen molar-refractivity contribution in [3.05, 3.63) is 0 Å². The van der Waals surface area contributed by atoms with Crippen molar-refractivity contribution in [3.8, 4) is 0 Å². The minimum absolute atomic E-state index is 0.292. The van der Waals surface area contributed by atoms with Gasteiger partial charge >= 0.3 is 0 Å². The first-order valence-electron chi connectivity index (χ1n) is 4.72. The van der Waals surface area contributed by atoms with E-state index in [9.17, 15) is 0 Å². The van der Waals surface area contributed by atoms with Gasteiger partial charge in [0.2, 0.25) is 0 Å². The first-order chi connectivity index (χ1) is 7.02. The maximum Gasteiger partial charge on any atom is 0.113 e. The molecule has 1 aliphatic rings. The number of nitrogens with zero attached hydrogens (tertiary/aromatic N) is 2. The van der Waals surface area contributed by atoms with E-state index in [1.165, 1.54) is 0 Å². The molecule has 0 aromatic rings. The minimum atomic E-state index is -0.619. The van der Waals surface area contributed by atoms with Crippen LogP contribution in [0.1, 0.15) is 26.2 Å². The summed E-state index contributed by atoms with van der Waals surface area (Å²) in [7, 11) is 0. The fourth-order valence-corrected chi connectivity index (χ4v) is 1.85. The first-order valence-corrected chi connectivity index (χ1v) is 4.72.